The molecule has 0 aromatic heterocycles. The van der Waals surface area contributed by atoms with Crippen LogP contribution in [0.15, 0.2) is 0 Å². The van der Waals surface area contributed by atoms with Crippen molar-refractivity contribution in [2.45, 2.75) is 51.7 Å². The molecule has 0 radical (unpaired) electrons. The van der Waals surface area contributed by atoms with E-state index in [1.54, 1.807) is 14.0 Å². The molecule has 1 saturated heterocycles. The largest absolute Gasteiger partial charge is 0.392 e. The SMILES string of the molecule is CCC1CCCCN1CCNC(=O)N(C)CC(C)O. The molecule has 0 saturated carbocycles. The molecular formula is C14H29N3O2. The third kappa shape index (κ3) is 5.78. The lowest BCUT2D eigenvalue weighted by molar-refractivity contribution is 0.135. The van der Waals surface area contributed by atoms with E-state index in [1.807, 2.05) is 0 Å². The van der Waals surface area contributed by atoms with Crippen molar-refractivity contribution in [2.75, 3.05) is 33.2 Å². The molecule has 2 unspecified atom stereocenters. The molecule has 0 spiro atoms. The number of nitrogens with zero attached hydrogens (tertiary/aromatic N) is 2. The quantitative estimate of drug-likeness (QED) is 0.765. The van der Waals surface area contributed by atoms with E-state index >= 15 is 0 Å². The number of hydrogen-bond acceptors (Lipinski definition) is 3. The van der Waals surface area contributed by atoms with Crippen molar-refractivity contribution >= 4 is 6.03 Å². The second-order valence-electron chi connectivity index (χ2n) is 5.56. The maximum Gasteiger partial charge on any atom is 0.317 e. The summed E-state index contributed by atoms with van der Waals surface area (Å²) < 4.78 is 0. The highest BCUT2D eigenvalue weighted by Gasteiger charge is 2.20. The number of urea groups is 1. The molecule has 0 aromatic carbocycles. The second-order valence-corrected chi connectivity index (χ2v) is 5.56. The van der Waals surface area contributed by atoms with Gasteiger partial charge in [-0.25, -0.2) is 4.79 Å². The van der Waals surface area contributed by atoms with Crippen molar-refractivity contribution in [3.05, 3.63) is 0 Å². The van der Waals surface area contributed by atoms with Crippen LogP contribution in [0, 0.1) is 0 Å². The summed E-state index contributed by atoms with van der Waals surface area (Å²) in [5.74, 6) is 0. The number of hydrogen-bond donors (Lipinski definition) is 2. The monoisotopic (exact) mass is 271 g/mol. The molecule has 1 rings (SSSR count). The summed E-state index contributed by atoms with van der Waals surface area (Å²) in [5.41, 5.74) is 0. The molecular weight excluding hydrogens is 242 g/mol. The Labute approximate surface area is 117 Å². The van der Waals surface area contributed by atoms with Crippen LogP contribution in [-0.2, 0) is 0 Å². The van der Waals surface area contributed by atoms with Crippen molar-refractivity contribution in [2.24, 2.45) is 0 Å². The van der Waals surface area contributed by atoms with Crippen LogP contribution in [0.1, 0.15) is 39.5 Å². The van der Waals surface area contributed by atoms with Gasteiger partial charge in [-0.15, -0.1) is 0 Å². The van der Waals surface area contributed by atoms with Gasteiger partial charge in [0, 0.05) is 32.7 Å². The summed E-state index contributed by atoms with van der Waals surface area (Å²) >= 11 is 0. The van der Waals surface area contributed by atoms with Crippen LogP contribution >= 0.6 is 0 Å². The van der Waals surface area contributed by atoms with Crippen molar-refractivity contribution in [3.8, 4) is 0 Å². The molecule has 5 nitrogen and oxygen atoms in total. The molecule has 1 aliphatic heterocycles. The molecule has 1 aliphatic rings. The number of nitrogens with one attached hydrogen (secondary N) is 1. The second kappa shape index (κ2) is 8.38. The Morgan fingerprint density at radius 1 is 1.53 bits per heavy atom. The van der Waals surface area contributed by atoms with Gasteiger partial charge in [-0.3, -0.25) is 4.90 Å². The van der Waals surface area contributed by atoms with Gasteiger partial charge in [0.2, 0.25) is 0 Å². The Bertz CT molecular complexity index is 271. The summed E-state index contributed by atoms with van der Waals surface area (Å²) in [7, 11) is 1.71. The number of amides is 2. The standard InChI is InChI=1S/C14H29N3O2/c1-4-13-7-5-6-9-17(13)10-8-15-14(19)16(3)11-12(2)18/h12-13,18H,4-11H2,1-3H3,(H,15,19). The summed E-state index contributed by atoms with van der Waals surface area (Å²) in [6, 6.07) is 0.576. The van der Waals surface area contributed by atoms with E-state index in [1.165, 1.54) is 30.6 Å². The van der Waals surface area contributed by atoms with Crippen molar-refractivity contribution in [1.82, 2.24) is 15.1 Å². The molecule has 2 atom stereocenters. The fourth-order valence-corrected chi connectivity index (χ4v) is 2.74. The van der Waals surface area contributed by atoms with Gasteiger partial charge in [-0.2, -0.15) is 0 Å². The summed E-state index contributed by atoms with van der Waals surface area (Å²) in [5, 5.41) is 12.2. The third-order valence-corrected chi connectivity index (χ3v) is 3.78. The van der Waals surface area contributed by atoms with Gasteiger partial charge in [-0.05, 0) is 32.7 Å². The fraction of sp³-hybridized carbons (Fsp3) is 0.929. The van der Waals surface area contributed by atoms with E-state index in [0.29, 0.717) is 19.1 Å². The average Bonchev–Trinajstić information content (AvgIpc) is 2.38. The van der Waals surface area contributed by atoms with Gasteiger partial charge in [0.05, 0.1) is 6.10 Å². The van der Waals surface area contributed by atoms with Gasteiger partial charge in [0.1, 0.15) is 0 Å². The number of piperidine rings is 1. The number of carbonyl (C=O) groups excluding carboxylic acids is 1. The average molecular weight is 271 g/mol. The Hall–Kier alpha value is -0.810. The molecule has 5 heteroatoms. The minimum absolute atomic E-state index is 0.106. The minimum Gasteiger partial charge on any atom is -0.392 e. The van der Waals surface area contributed by atoms with Crippen LogP contribution in [0.3, 0.4) is 0 Å². The van der Waals surface area contributed by atoms with E-state index < -0.39 is 6.10 Å². The highest BCUT2D eigenvalue weighted by molar-refractivity contribution is 5.73. The van der Waals surface area contributed by atoms with Gasteiger partial charge in [-0.1, -0.05) is 13.3 Å². The predicted molar refractivity (Wildman–Crippen MR) is 77.2 cm³/mol. The Morgan fingerprint density at radius 3 is 2.89 bits per heavy atom. The Kier molecular flexibility index (Phi) is 7.16. The number of rotatable bonds is 6. The van der Waals surface area contributed by atoms with E-state index in [9.17, 15) is 9.90 Å². The van der Waals surface area contributed by atoms with Gasteiger partial charge in [0.15, 0.2) is 0 Å². The van der Waals surface area contributed by atoms with Crippen LogP contribution in [0.25, 0.3) is 0 Å². The van der Waals surface area contributed by atoms with Crippen LogP contribution in [0.5, 0.6) is 0 Å². The van der Waals surface area contributed by atoms with Gasteiger partial charge < -0.3 is 15.3 Å². The molecule has 0 aromatic rings. The molecule has 0 bridgehead atoms. The topological polar surface area (TPSA) is 55.8 Å². The highest BCUT2D eigenvalue weighted by atomic mass is 16.3. The zero-order valence-electron chi connectivity index (χ0n) is 12.6. The number of aliphatic hydroxyl groups is 1. The number of aliphatic hydroxyl groups excluding tert-OH is 1. The number of likely N-dealkylation sites (N-methyl/N-ethyl adjacent to an activating group) is 1. The van der Waals surface area contributed by atoms with Crippen LogP contribution in [0.2, 0.25) is 0 Å². The van der Waals surface area contributed by atoms with Gasteiger partial charge in [0.25, 0.3) is 0 Å². The predicted octanol–water partition coefficient (Wildman–Crippen LogP) is 1.27. The van der Waals surface area contributed by atoms with Crippen molar-refractivity contribution in [1.29, 1.82) is 0 Å². The van der Waals surface area contributed by atoms with Crippen LogP contribution < -0.4 is 5.32 Å². The first kappa shape index (κ1) is 16.2. The van der Waals surface area contributed by atoms with Crippen LogP contribution in [-0.4, -0.2) is 66.3 Å². The first-order valence-corrected chi connectivity index (χ1v) is 7.45. The third-order valence-electron chi connectivity index (χ3n) is 3.78. The normalized spacial score (nSPS) is 22.0. The molecule has 19 heavy (non-hydrogen) atoms. The van der Waals surface area contributed by atoms with Crippen LogP contribution in [0.4, 0.5) is 4.79 Å². The van der Waals surface area contributed by atoms with Gasteiger partial charge >= 0.3 is 6.03 Å². The molecule has 1 fully saturated rings. The summed E-state index contributed by atoms with van der Waals surface area (Å²) in [4.78, 5) is 15.8. The maximum atomic E-state index is 11.8. The maximum absolute atomic E-state index is 11.8. The van der Waals surface area contributed by atoms with Crippen molar-refractivity contribution < 1.29 is 9.90 Å². The van der Waals surface area contributed by atoms with Crippen molar-refractivity contribution in [3.63, 3.8) is 0 Å². The Morgan fingerprint density at radius 2 is 2.26 bits per heavy atom. The Balaban J connectivity index is 2.23. The lowest BCUT2D eigenvalue weighted by Crippen LogP contribution is -2.46. The first-order valence-electron chi connectivity index (χ1n) is 7.45. The number of likely N-dealkylation sites (tertiary alicyclic amines) is 1. The van der Waals surface area contributed by atoms with E-state index in [-0.39, 0.29) is 6.03 Å². The smallest absolute Gasteiger partial charge is 0.317 e. The lowest BCUT2D eigenvalue weighted by Gasteiger charge is -2.35. The summed E-state index contributed by atoms with van der Waals surface area (Å²) in [6.45, 7) is 7.04. The summed E-state index contributed by atoms with van der Waals surface area (Å²) in [6.07, 6.45) is 4.59. The number of carbonyl (C=O) groups is 1. The zero-order valence-corrected chi connectivity index (χ0v) is 12.6. The van der Waals surface area contributed by atoms with E-state index in [0.717, 1.165) is 13.1 Å². The molecule has 112 valence electrons. The molecule has 2 N–H and O–H groups in total. The molecule has 1 heterocycles. The lowest BCUT2D eigenvalue weighted by atomic mass is 10.0. The minimum atomic E-state index is -0.484. The highest BCUT2D eigenvalue weighted by Crippen LogP contribution is 2.18. The van der Waals surface area contributed by atoms with E-state index in [4.69, 9.17) is 0 Å². The molecule has 0 aliphatic carbocycles. The fourth-order valence-electron chi connectivity index (χ4n) is 2.74. The van der Waals surface area contributed by atoms with E-state index in [2.05, 4.69) is 17.1 Å². The molecule has 2 amide bonds. The zero-order chi connectivity index (χ0) is 14.3. The first-order chi connectivity index (χ1) is 9.04.